The maximum Gasteiger partial charge on any atom is 0.222 e. The Balaban J connectivity index is 2.25. The molecule has 5 heteroatoms. The topological polar surface area (TPSA) is 51.8 Å². The minimum atomic E-state index is 0.376. The van der Waals surface area contributed by atoms with Gasteiger partial charge in [0.2, 0.25) is 5.95 Å². The van der Waals surface area contributed by atoms with Crippen LogP contribution < -0.4 is 5.73 Å². The smallest absolute Gasteiger partial charge is 0.222 e. The molecule has 0 aliphatic heterocycles. The van der Waals surface area contributed by atoms with Gasteiger partial charge in [-0.25, -0.2) is 9.97 Å². The molecule has 0 radical (unpaired) electrons. The highest BCUT2D eigenvalue weighted by atomic mass is 32.2. The van der Waals surface area contributed by atoms with Crippen molar-refractivity contribution in [3.8, 4) is 0 Å². The zero-order valence-corrected chi connectivity index (χ0v) is 11.1. The third kappa shape index (κ3) is 2.47. The molecule has 2 rings (SSSR count). The lowest BCUT2D eigenvalue weighted by atomic mass is 10.2. The average molecular weight is 253 g/mol. The first-order valence-corrected chi connectivity index (χ1v) is 7.20. The lowest BCUT2D eigenvalue weighted by Crippen LogP contribution is -1.99. The Bertz CT molecular complexity index is 481. The Morgan fingerprint density at radius 1 is 1.50 bits per heavy atom. The first kappa shape index (κ1) is 11.7. The standard InChI is InChI=1S/C11H15N3S2/c1-3-7(2)6-16-10-8-4-5-15-9(8)13-11(12)14-10/h4-5,7H,3,6H2,1-2H3,(H2,12,13,14). The van der Waals surface area contributed by atoms with Crippen LogP contribution in [0.5, 0.6) is 0 Å². The van der Waals surface area contributed by atoms with Gasteiger partial charge in [0.25, 0.3) is 0 Å². The molecule has 0 aliphatic carbocycles. The van der Waals surface area contributed by atoms with Crippen molar-refractivity contribution in [2.75, 3.05) is 11.5 Å². The quantitative estimate of drug-likeness (QED) is 0.670. The van der Waals surface area contributed by atoms with Gasteiger partial charge in [-0.05, 0) is 17.4 Å². The van der Waals surface area contributed by atoms with Crippen LogP contribution in [0.4, 0.5) is 5.95 Å². The molecule has 0 saturated heterocycles. The number of aromatic nitrogens is 2. The summed E-state index contributed by atoms with van der Waals surface area (Å²) in [6.45, 7) is 4.46. The summed E-state index contributed by atoms with van der Waals surface area (Å²) in [6, 6.07) is 2.07. The second-order valence-corrected chi connectivity index (χ2v) is 5.75. The van der Waals surface area contributed by atoms with Gasteiger partial charge in [0.1, 0.15) is 9.86 Å². The molecular weight excluding hydrogens is 238 g/mol. The first-order valence-electron chi connectivity index (χ1n) is 5.34. The van der Waals surface area contributed by atoms with Gasteiger partial charge < -0.3 is 5.73 Å². The van der Waals surface area contributed by atoms with Crippen LogP contribution in [0.2, 0.25) is 0 Å². The molecule has 86 valence electrons. The fourth-order valence-corrected chi connectivity index (χ4v) is 3.28. The van der Waals surface area contributed by atoms with Gasteiger partial charge in [0, 0.05) is 11.1 Å². The van der Waals surface area contributed by atoms with Crippen molar-refractivity contribution in [2.45, 2.75) is 25.3 Å². The summed E-state index contributed by atoms with van der Waals surface area (Å²) in [6.07, 6.45) is 1.19. The summed E-state index contributed by atoms with van der Waals surface area (Å²) in [7, 11) is 0. The van der Waals surface area contributed by atoms with Crippen LogP contribution in [0, 0.1) is 5.92 Å². The Morgan fingerprint density at radius 3 is 3.06 bits per heavy atom. The zero-order valence-electron chi connectivity index (χ0n) is 9.43. The molecule has 0 saturated carbocycles. The fourth-order valence-electron chi connectivity index (χ4n) is 1.29. The summed E-state index contributed by atoms with van der Waals surface area (Å²) >= 11 is 3.39. The summed E-state index contributed by atoms with van der Waals surface area (Å²) in [5, 5.41) is 4.18. The number of fused-ring (bicyclic) bond motifs is 1. The van der Waals surface area contributed by atoms with E-state index in [1.165, 1.54) is 6.42 Å². The molecule has 0 aromatic carbocycles. The highest BCUT2D eigenvalue weighted by molar-refractivity contribution is 7.99. The van der Waals surface area contributed by atoms with Crippen molar-refractivity contribution in [1.29, 1.82) is 0 Å². The predicted molar refractivity (Wildman–Crippen MR) is 72.0 cm³/mol. The Kier molecular flexibility index (Phi) is 3.66. The number of thioether (sulfide) groups is 1. The minimum Gasteiger partial charge on any atom is -0.368 e. The van der Waals surface area contributed by atoms with Gasteiger partial charge in [-0.1, -0.05) is 20.3 Å². The van der Waals surface area contributed by atoms with Crippen LogP contribution >= 0.6 is 23.1 Å². The van der Waals surface area contributed by atoms with Crippen molar-refractivity contribution in [3.63, 3.8) is 0 Å². The highest BCUT2D eigenvalue weighted by Crippen LogP contribution is 2.30. The van der Waals surface area contributed by atoms with E-state index in [1.807, 2.05) is 5.38 Å². The van der Waals surface area contributed by atoms with Gasteiger partial charge >= 0.3 is 0 Å². The second-order valence-electron chi connectivity index (χ2n) is 3.85. The molecule has 2 heterocycles. The molecule has 0 aliphatic rings. The number of anilines is 1. The molecule has 16 heavy (non-hydrogen) atoms. The molecule has 0 spiro atoms. The van der Waals surface area contributed by atoms with Crippen molar-refractivity contribution in [1.82, 2.24) is 9.97 Å². The van der Waals surface area contributed by atoms with Crippen LogP contribution in [-0.2, 0) is 0 Å². The molecular formula is C11H15N3S2. The average Bonchev–Trinajstić information content (AvgIpc) is 2.73. The van der Waals surface area contributed by atoms with E-state index in [2.05, 4.69) is 29.9 Å². The number of nitrogens with two attached hydrogens (primary N) is 1. The second kappa shape index (κ2) is 5.01. The van der Waals surface area contributed by atoms with E-state index in [0.717, 1.165) is 21.0 Å². The zero-order chi connectivity index (χ0) is 11.5. The third-order valence-electron chi connectivity index (χ3n) is 2.51. The number of thiophene rings is 1. The summed E-state index contributed by atoms with van der Waals surface area (Å²) < 4.78 is 0. The molecule has 2 N–H and O–H groups in total. The lowest BCUT2D eigenvalue weighted by molar-refractivity contribution is 0.636. The summed E-state index contributed by atoms with van der Waals surface area (Å²) in [4.78, 5) is 9.52. The number of hydrogen-bond donors (Lipinski definition) is 1. The number of nitrogen functional groups attached to an aromatic ring is 1. The van der Waals surface area contributed by atoms with Gasteiger partial charge in [-0.2, -0.15) is 0 Å². The van der Waals surface area contributed by atoms with Crippen molar-refractivity contribution in [3.05, 3.63) is 11.4 Å². The largest absolute Gasteiger partial charge is 0.368 e. The van der Waals surface area contributed by atoms with E-state index in [0.29, 0.717) is 11.9 Å². The number of hydrogen-bond acceptors (Lipinski definition) is 5. The fraction of sp³-hybridized carbons (Fsp3) is 0.455. The van der Waals surface area contributed by atoms with E-state index in [-0.39, 0.29) is 0 Å². The molecule has 1 unspecified atom stereocenters. The van der Waals surface area contributed by atoms with Gasteiger partial charge in [-0.3, -0.25) is 0 Å². The highest BCUT2D eigenvalue weighted by Gasteiger charge is 2.09. The van der Waals surface area contributed by atoms with E-state index < -0.39 is 0 Å². The lowest BCUT2D eigenvalue weighted by Gasteiger charge is -2.08. The van der Waals surface area contributed by atoms with Crippen molar-refractivity contribution in [2.24, 2.45) is 5.92 Å². The summed E-state index contributed by atoms with van der Waals surface area (Å²) in [5.74, 6) is 2.16. The van der Waals surface area contributed by atoms with Gasteiger partial charge in [0.05, 0.1) is 0 Å². The normalized spacial score (nSPS) is 13.1. The molecule has 1 atom stereocenters. The minimum absolute atomic E-state index is 0.376. The van der Waals surface area contributed by atoms with Crippen LogP contribution in [0.25, 0.3) is 10.2 Å². The Labute approximate surface area is 103 Å². The third-order valence-corrected chi connectivity index (χ3v) is 4.64. The van der Waals surface area contributed by atoms with E-state index in [4.69, 9.17) is 5.73 Å². The SMILES string of the molecule is CCC(C)CSc1nc(N)nc2sccc12. The molecule has 2 aromatic rings. The van der Waals surface area contributed by atoms with Crippen molar-refractivity contribution >= 4 is 39.3 Å². The molecule has 3 nitrogen and oxygen atoms in total. The molecule has 0 bridgehead atoms. The van der Waals surface area contributed by atoms with Crippen LogP contribution in [0.3, 0.4) is 0 Å². The Morgan fingerprint density at radius 2 is 2.31 bits per heavy atom. The van der Waals surface area contributed by atoms with Gasteiger partial charge in [-0.15, -0.1) is 23.1 Å². The number of nitrogens with zero attached hydrogens (tertiary/aromatic N) is 2. The van der Waals surface area contributed by atoms with Gasteiger partial charge in [0.15, 0.2) is 0 Å². The molecule has 2 aromatic heterocycles. The van der Waals surface area contributed by atoms with E-state index >= 15 is 0 Å². The predicted octanol–water partition coefficient (Wildman–Crippen LogP) is 3.41. The van der Waals surface area contributed by atoms with E-state index in [9.17, 15) is 0 Å². The van der Waals surface area contributed by atoms with Crippen molar-refractivity contribution < 1.29 is 0 Å². The van der Waals surface area contributed by atoms with Crippen LogP contribution in [0.1, 0.15) is 20.3 Å². The molecule has 0 amide bonds. The van der Waals surface area contributed by atoms with Crippen LogP contribution in [-0.4, -0.2) is 15.7 Å². The summed E-state index contributed by atoms with van der Waals surface area (Å²) in [5.41, 5.74) is 5.69. The van der Waals surface area contributed by atoms with Crippen LogP contribution in [0.15, 0.2) is 16.5 Å². The maximum absolute atomic E-state index is 5.69. The first-order chi connectivity index (χ1) is 7.70. The monoisotopic (exact) mass is 253 g/mol. The Hall–Kier alpha value is -0.810. The van der Waals surface area contributed by atoms with E-state index in [1.54, 1.807) is 23.1 Å². The maximum atomic E-state index is 5.69. The molecule has 0 fully saturated rings. The number of rotatable bonds is 4.